The number of nitrogens with zero attached hydrogens (tertiary/aromatic N) is 5. The van der Waals surface area contributed by atoms with Crippen LogP contribution in [0, 0.1) is 16.0 Å². The lowest BCUT2D eigenvalue weighted by atomic mass is 9.93. The number of guanidine groups is 1. The Kier molecular flexibility index (Phi) is 7.82. The first-order valence-electron chi connectivity index (χ1n) is 10.5. The fraction of sp³-hybridized carbons (Fsp3) is 0.524. The molecule has 0 aliphatic carbocycles. The summed E-state index contributed by atoms with van der Waals surface area (Å²) in [6, 6.07) is 6.09. The van der Waals surface area contributed by atoms with Crippen LogP contribution in [-0.4, -0.2) is 69.3 Å². The number of benzene rings is 1. The molecule has 0 spiro atoms. The lowest BCUT2D eigenvalue weighted by molar-refractivity contribution is -0.384. The van der Waals surface area contributed by atoms with Crippen molar-refractivity contribution >= 4 is 11.6 Å². The Hall–Kier alpha value is -3.14. The monoisotopic (exact) mass is 430 g/mol. The Bertz CT molecular complexity index is 855. The smallest absolute Gasteiger partial charge is 0.269 e. The molecule has 3 atom stereocenters. The second-order valence-electron chi connectivity index (χ2n) is 7.70. The van der Waals surface area contributed by atoms with E-state index in [2.05, 4.69) is 31.7 Å². The molecule has 168 valence electrons. The minimum absolute atomic E-state index is 0.00220. The van der Waals surface area contributed by atoms with Crippen LogP contribution < -0.4 is 10.1 Å². The van der Waals surface area contributed by atoms with E-state index in [1.54, 1.807) is 6.20 Å². The number of likely N-dealkylation sites (tertiary alicyclic amines) is 1. The normalized spacial score (nSPS) is 20.4. The predicted octanol–water partition coefficient (Wildman–Crippen LogP) is 2.08. The molecular formula is C21H30N6O4. The summed E-state index contributed by atoms with van der Waals surface area (Å²) in [5.74, 6) is 1.77. The van der Waals surface area contributed by atoms with Gasteiger partial charge in [0.2, 0.25) is 0 Å². The summed E-state index contributed by atoms with van der Waals surface area (Å²) in [5, 5.41) is 24.3. The highest BCUT2D eigenvalue weighted by atomic mass is 16.6. The van der Waals surface area contributed by atoms with Crippen LogP contribution in [0.4, 0.5) is 5.69 Å². The van der Waals surface area contributed by atoms with E-state index in [0.29, 0.717) is 17.7 Å². The first-order valence-corrected chi connectivity index (χ1v) is 10.5. The van der Waals surface area contributed by atoms with Crippen LogP contribution in [0.5, 0.6) is 5.75 Å². The molecule has 10 heteroatoms. The summed E-state index contributed by atoms with van der Waals surface area (Å²) in [6.07, 6.45) is 5.89. The van der Waals surface area contributed by atoms with Crippen molar-refractivity contribution in [1.82, 2.24) is 19.8 Å². The van der Waals surface area contributed by atoms with Crippen molar-refractivity contribution in [3.63, 3.8) is 0 Å². The summed E-state index contributed by atoms with van der Waals surface area (Å²) < 4.78 is 7.68. The van der Waals surface area contributed by atoms with Crippen molar-refractivity contribution in [2.24, 2.45) is 10.9 Å². The van der Waals surface area contributed by atoms with Crippen LogP contribution >= 0.6 is 0 Å². The zero-order valence-electron chi connectivity index (χ0n) is 17.9. The minimum Gasteiger partial charge on any atom is -0.491 e. The number of hydrogen-bond acceptors (Lipinski definition) is 6. The van der Waals surface area contributed by atoms with Crippen LogP contribution in [0.2, 0.25) is 0 Å². The number of piperidine rings is 1. The highest BCUT2D eigenvalue weighted by Crippen LogP contribution is 2.27. The van der Waals surface area contributed by atoms with Crippen LogP contribution in [0.15, 0.2) is 48.0 Å². The van der Waals surface area contributed by atoms with Crippen molar-refractivity contribution in [2.45, 2.75) is 32.4 Å². The summed E-state index contributed by atoms with van der Waals surface area (Å²) in [4.78, 5) is 21.3. The Balaban J connectivity index is 1.56. The molecular weight excluding hydrogens is 400 g/mol. The third-order valence-corrected chi connectivity index (χ3v) is 5.40. The summed E-state index contributed by atoms with van der Waals surface area (Å²) in [5.41, 5.74) is -0.00220. The molecule has 1 saturated heterocycles. The molecule has 2 aromatic rings. The maximum absolute atomic E-state index is 10.7. The molecule has 0 radical (unpaired) electrons. The quantitative estimate of drug-likeness (QED) is 0.285. The third-order valence-electron chi connectivity index (χ3n) is 5.40. The maximum Gasteiger partial charge on any atom is 0.269 e. The summed E-state index contributed by atoms with van der Waals surface area (Å²) >= 11 is 0. The van der Waals surface area contributed by atoms with Gasteiger partial charge in [0.05, 0.1) is 23.8 Å². The number of nitro groups is 1. The van der Waals surface area contributed by atoms with Gasteiger partial charge in [0, 0.05) is 44.2 Å². The van der Waals surface area contributed by atoms with E-state index in [-0.39, 0.29) is 18.8 Å². The lowest BCUT2D eigenvalue weighted by Crippen LogP contribution is -2.49. The molecule has 3 unspecified atom stereocenters. The number of rotatable bonds is 8. The number of aliphatic imine (C=N–C) groups is 1. The van der Waals surface area contributed by atoms with Crippen molar-refractivity contribution in [2.75, 3.05) is 32.8 Å². The molecule has 0 bridgehead atoms. The number of aliphatic hydroxyl groups is 1. The van der Waals surface area contributed by atoms with Crippen molar-refractivity contribution in [3.8, 4) is 5.75 Å². The van der Waals surface area contributed by atoms with E-state index in [4.69, 9.17) is 4.74 Å². The number of hydrogen-bond donors (Lipinski definition) is 2. The first kappa shape index (κ1) is 22.5. The second kappa shape index (κ2) is 10.8. The molecule has 2 N–H and O–H groups in total. The number of aliphatic hydroxyl groups excluding tert-OH is 1. The van der Waals surface area contributed by atoms with Gasteiger partial charge < -0.3 is 24.6 Å². The van der Waals surface area contributed by atoms with Crippen molar-refractivity contribution in [3.05, 3.63) is 53.1 Å². The number of ether oxygens (including phenoxy) is 1. The standard InChI is InChI=1S/C21H30N6O4/c1-3-23-21(25-10-8-16(2)20(13-25)26-11-9-22-15-26)24-12-18(28)14-31-19-6-4-17(5-7-19)27(29)30/h4-7,9,11,15-16,18,20,28H,3,8,10,12-14H2,1-2H3,(H,23,24). The SMILES string of the molecule is CCNC(=NCC(O)COc1ccc([N+](=O)[O-])cc1)N1CCC(C)C(n2ccnc2)C1. The van der Waals surface area contributed by atoms with Gasteiger partial charge >= 0.3 is 0 Å². The lowest BCUT2D eigenvalue weighted by Gasteiger charge is -2.39. The highest BCUT2D eigenvalue weighted by Gasteiger charge is 2.29. The van der Waals surface area contributed by atoms with Crippen LogP contribution in [0.1, 0.15) is 26.3 Å². The zero-order chi connectivity index (χ0) is 22.2. The molecule has 10 nitrogen and oxygen atoms in total. The van der Waals surface area contributed by atoms with Gasteiger partial charge in [-0.15, -0.1) is 0 Å². The molecule has 1 fully saturated rings. The Labute approximate surface area is 181 Å². The molecule has 0 amide bonds. The summed E-state index contributed by atoms with van der Waals surface area (Å²) in [7, 11) is 0. The number of imidazole rings is 1. The highest BCUT2D eigenvalue weighted by molar-refractivity contribution is 5.80. The van der Waals surface area contributed by atoms with Crippen molar-refractivity contribution < 1.29 is 14.8 Å². The zero-order valence-corrected chi connectivity index (χ0v) is 17.9. The van der Waals surface area contributed by atoms with E-state index in [1.165, 1.54) is 24.3 Å². The van der Waals surface area contributed by atoms with E-state index in [1.807, 2.05) is 19.4 Å². The number of aromatic nitrogens is 2. The van der Waals surface area contributed by atoms with Gasteiger partial charge in [-0.3, -0.25) is 15.1 Å². The molecule has 1 aliphatic heterocycles. The van der Waals surface area contributed by atoms with Crippen LogP contribution in [0.3, 0.4) is 0 Å². The van der Waals surface area contributed by atoms with Gasteiger partial charge in [-0.1, -0.05) is 6.92 Å². The molecule has 31 heavy (non-hydrogen) atoms. The Morgan fingerprint density at radius 3 is 2.87 bits per heavy atom. The third kappa shape index (κ3) is 6.17. The van der Waals surface area contributed by atoms with E-state index in [9.17, 15) is 15.2 Å². The van der Waals surface area contributed by atoms with Gasteiger partial charge in [0.1, 0.15) is 18.5 Å². The van der Waals surface area contributed by atoms with E-state index in [0.717, 1.165) is 32.0 Å². The van der Waals surface area contributed by atoms with E-state index >= 15 is 0 Å². The Morgan fingerprint density at radius 2 is 2.23 bits per heavy atom. The number of nitro benzene ring substituents is 1. The molecule has 2 heterocycles. The average molecular weight is 431 g/mol. The Morgan fingerprint density at radius 1 is 1.45 bits per heavy atom. The predicted molar refractivity (Wildman–Crippen MR) is 117 cm³/mol. The number of non-ortho nitro benzene ring substituents is 1. The molecule has 1 aromatic heterocycles. The van der Waals surface area contributed by atoms with Gasteiger partial charge in [0.25, 0.3) is 5.69 Å². The maximum atomic E-state index is 10.7. The van der Waals surface area contributed by atoms with Gasteiger partial charge in [-0.2, -0.15) is 0 Å². The van der Waals surface area contributed by atoms with Crippen LogP contribution in [0.25, 0.3) is 0 Å². The number of nitrogens with one attached hydrogen (secondary N) is 1. The van der Waals surface area contributed by atoms with Gasteiger partial charge in [0.15, 0.2) is 5.96 Å². The molecule has 1 aliphatic rings. The average Bonchev–Trinajstić information content (AvgIpc) is 3.30. The van der Waals surface area contributed by atoms with E-state index < -0.39 is 11.0 Å². The molecule has 0 saturated carbocycles. The van der Waals surface area contributed by atoms with Gasteiger partial charge in [-0.25, -0.2) is 4.98 Å². The second-order valence-corrected chi connectivity index (χ2v) is 7.70. The largest absolute Gasteiger partial charge is 0.491 e. The fourth-order valence-corrected chi connectivity index (χ4v) is 3.62. The first-order chi connectivity index (χ1) is 15.0. The topological polar surface area (TPSA) is 118 Å². The molecule has 3 rings (SSSR count). The summed E-state index contributed by atoms with van der Waals surface area (Å²) in [6.45, 7) is 6.96. The minimum atomic E-state index is -0.794. The van der Waals surface area contributed by atoms with Gasteiger partial charge in [-0.05, 0) is 31.4 Å². The molecule has 1 aromatic carbocycles. The van der Waals surface area contributed by atoms with Crippen molar-refractivity contribution in [1.29, 1.82) is 0 Å². The van der Waals surface area contributed by atoms with Crippen LogP contribution in [-0.2, 0) is 0 Å². The fourth-order valence-electron chi connectivity index (χ4n) is 3.62.